The molecule has 0 aliphatic carbocycles. The molecular formula is C10H11N3O2. The van der Waals surface area contributed by atoms with Crippen LogP contribution >= 0.6 is 0 Å². The van der Waals surface area contributed by atoms with Crippen LogP contribution in [-0.2, 0) is 6.54 Å². The van der Waals surface area contributed by atoms with Gasteiger partial charge in [-0.2, -0.15) is 0 Å². The van der Waals surface area contributed by atoms with Crippen LogP contribution in [0.2, 0.25) is 0 Å². The molecule has 0 unspecified atom stereocenters. The predicted molar refractivity (Wildman–Crippen MR) is 56.8 cm³/mol. The standard InChI is InChI=1S/C10H11N3O2/c1-15-6-2-3-8-7(4-6)10(14)13-9(5-11)12-8/h2-4H,5,11H2,1H3,(H,12,13,14). The molecular weight excluding hydrogens is 194 g/mol. The van der Waals surface area contributed by atoms with E-state index < -0.39 is 0 Å². The van der Waals surface area contributed by atoms with Crippen LogP contribution in [0.3, 0.4) is 0 Å². The Bertz CT molecular complexity index is 548. The van der Waals surface area contributed by atoms with E-state index in [1.165, 1.54) is 0 Å². The molecule has 0 fully saturated rings. The highest BCUT2D eigenvalue weighted by Crippen LogP contribution is 2.15. The largest absolute Gasteiger partial charge is 0.497 e. The van der Waals surface area contributed by atoms with Crippen molar-refractivity contribution in [2.24, 2.45) is 5.73 Å². The van der Waals surface area contributed by atoms with Crippen LogP contribution in [0.1, 0.15) is 5.82 Å². The van der Waals surface area contributed by atoms with Crippen molar-refractivity contribution in [2.45, 2.75) is 6.54 Å². The maximum atomic E-state index is 11.6. The summed E-state index contributed by atoms with van der Waals surface area (Å²) in [5, 5.41) is 0.506. The topological polar surface area (TPSA) is 81.0 Å². The summed E-state index contributed by atoms with van der Waals surface area (Å²) in [5.41, 5.74) is 5.84. The molecule has 0 amide bonds. The van der Waals surface area contributed by atoms with Gasteiger partial charge in [-0.1, -0.05) is 0 Å². The monoisotopic (exact) mass is 205 g/mol. The highest BCUT2D eigenvalue weighted by Gasteiger charge is 2.03. The van der Waals surface area contributed by atoms with Gasteiger partial charge in [0.25, 0.3) is 5.56 Å². The van der Waals surface area contributed by atoms with E-state index in [0.717, 1.165) is 0 Å². The highest BCUT2D eigenvalue weighted by molar-refractivity contribution is 5.79. The smallest absolute Gasteiger partial charge is 0.258 e. The average Bonchev–Trinajstić information content (AvgIpc) is 2.28. The molecule has 0 spiro atoms. The number of rotatable bonds is 2. The molecule has 0 saturated heterocycles. The number of aromatic amines is 1. The Morgan fingerprint density at radius 3 is 3.00 bits per heavy atom. The van der Waals surface area contributed by atoms with Crippen LogP contribution in [0.15, 0.2) is 23.0 Å². The molecule has 5 nitrogen and oxygen atoms in total. The first-order valence-electron chi connectivity index (χ1n) is 4.51. The van der Waals surface area contributed by atoms with E-state index in [4.69, 9.17) is 10.5 Å². The summed E-state index contributed by atoms with van der Waals surface area (Å²) >= 11 is 0. The zero-order valence-electron chi connectivity index (χ0n) is 8.28. The number of nitrogens with zero attached hydrogens (tertiary/aromatic N) is 1. The Kier molecular flexibility index (Phi) is 2.39. The molecule has 0 aliphatic rings. The number of methoxy groups -OCH3 is 1. The molecule has 0 bridgehead atoms. The third kappa shape index (κ3) is 1.69. The van der Waals surface area contributed by atoms with Gasteiger partial charge < -0.3 is 15.5 Å². The molecule has 0 aliphatic heterocycles. The van der Waals surface area contributed by atoms with Crippen molar-refractivity contribution in [3.63, 3.8) is 0 Å². The third-order valence-electron chi connectivity index (χ3n) is 2.15. The quantitative estimate of drug-likeness (QED) is 0.743. The number of aromatic nitrogens is 2. The number of hydrogen-bond acceptors (Lipinski definition) is 4. The predicted octanol–water partition coefficient (Wildman–Crippen LogP) is 0.390. The van der Waals surface area contributed by atoms with Gasteiger partial charge in [-0.15, -0.1) is 0 Å². The molecule has 0 saturated carbocycles. The summed E-state index contributed by atoms with van der Waals surface area (Å²) in [6.45, 7) is 0.219. The first-order valence-corrected chi connectivity index (χ1v) is 4.51. The molecule has 2 rings (SSSR count). The van der Waals surface area contributed by atoms with Gasteiger partial charge >= 0.3 is 0 Å². The number of nitrogens with one attached hydrogen (secondary N) is 1. The van der Waals surface area contributed by atoms with Crippen molar-refractivity contribution in [1.29, 1.82) is 0 Å². The van der Waals surface area contributed by atoms with Gasteiger partial charge in [-0.05, 0) is 18.2 Å². The molecule has 78 valence electrons. The van der Waals surface area contributed by atoms with Crippen molar-refractivity contribution in [1.82, 2.24) is 9.97 Å². The number of fused-ring (bicyclic) bond motifs is 1. The van der Waals surface area contributed by atoms with Crippen molar-refractivity contribution >= 4 is 10.9 Å². The zero-order valence-corrected chi connectivity index (χ0v) is 8.28. The summed E-state index contributed by atoms with van der Waals surface area (Å²) in [4.78, 5) is 18.4. The van der Waals surface area contributed by atoms with Crippen LogP contribution in [-0.4, -0.2) is 17.1 Å². The van der Waals surface area contributed by atoms with Crippen molar-refractivity contribution in [3.8, 4) is 5.75 Å². The molecule has 0 radical (unpaired) electrons. The maximum absolute atomic E-state index is 11.6. The van der Waals surface area contributed by atoms with Gasteiger partial charge in [-0.3, -0.25) is 4.79 Å². The molecule has 2 aromatic rings. The van der Waals surface area contributed by atoms with Gasteiger partial charge in [0, 0.05) is 0 Å². The Morgan fingerprint density at radius 1 is 1.53 bits per heavy atom. The first kappa shape index (κ1) is 9.67. The van der Waals surface area contributed by atoms with Gasteiger partial charge in [0.2, 0.25) is 0 Å². The lowest BCUT2D eigenvalue weighted by atomic mass is 10.2. The normalized spacial score (nSPS) is 10.5. The Hall–Kier alpha value is -1.88. The van der Waals surface area contributed by atoms with Crippen LogP contribution in [0.25, 0.3) is 10.9 Å². The summed E-state index contributed by atoms with van der Waals surface area (Å²) in [5.74, 6) is 1.12. The second kappa shape index (κ2) is 3.70. The van der Waals surface area contributed by atoms with E-state index in [2.05, 4.69) is 9.97 Å². The van der Waals surface area contributed by atoms with Gasteiger partial charge in [0.1, 0.15) is 11.6 Å². The van der Waals surface area contributed by atoms with Crippen LogP contribution in [0, 0.1) is 0 Å². The number of nitrogens with two attached hydrogens (primary N) is 1. The lowest BCUT2D eigenvalue weighted by Gasteiger charge is -2.02. The van der Waals surface area contributed by atoms with Gasteiger partial charge in [-0.25, -0.2) is 4.98 Å². The lowest BCUT2D eigenvalue weighted by Crippen LogP contribution is -2.14. The number of ether oxygens (including phenoxy) is 1. The number of H-pyrrole nitrogens is 1. The van der Waals surface area contributed by atoms with Crippen LogP contribution < -0.4 is 16.0 Å². The summed E-state index contributed by atoms with van der Waals surface area (Å²) < 4.78 is 5.03. The van der Waals surface area contributed by atoms with E-state index in [-0.39, 0.29) is 12.1 Å². The van der Waals surface area contributed by atoms with E-state index in [9.17, 15) is 4.79 Å². The van der Waals surface area contributed by atoms with Crippen molar-refractivity contribution < 1.29 is 4.74 Å². The van der Waals surface area contributed by atoms with E-state index in [1.807, 2.05) is 0 Å². The van der Waals surface area contributed by atoms with E-state index in [1.54, 1.807) is 25.3 Å². The summed E-state index contributed by atoms with van der Waals surface area (Å²) in [7, 11) is 1.55. The summed E-state index contributed by atoms with van der Waals surface area (Å²) in [6.07, 6.45) is 0. The minimum Gasteiger partial charge on any atom is -0.497 e. The maximum Gasteiger partial charge on any atom is 0.258 e. The average molecular weight is 205 g/mol. The molecule has 1 heterocycles. The Morgan fingerprint density at radius 2 is 2.33 bits per heavy atom. The van der Waals surface area contributed by atoms with E-state index >= 15 is 0 Å². The molecule has 1 aromatic carbocycles. The zero-order chi connectivity index (χ0) is 10.8. The minimum absolute atomic E-state index is 0.195. The first-order chi connectivity index (χ1) is 7.24. The number of benzene rings is 1. The minimum atomic E-state index is -0.195. The second-order valence-electron chi connectivity index (χ2n) is 3.10. The van der Waals surface area contributed by atoms with Crippen LogP contribution in [0.5, 0.6) is 5.75 Å². The fourth-order valence-electron chi connectivity index (χ4n) is 1.39. The highest BCUT2D eigenvalue weighted by atomic mass is 16.5. The Labute approximate surface area is 85.9 Å². The lowest BCUT2D eigenvalue weighted by molar-refractivity contribution is 0.415. The van der Waals surface area contributed by atoms with Crippen molar-refractivity contribution in [2.75, 3.05) is 7.11 Å². The molecule has 0 atom stereocenters. The molecule has 1 aromatic heterocycles. The van der Waals surface area contributed by atoms with Crippen LogP contribution in [0.4, 0.5) is 0 Å². The summed E-state index contributed by atoms with van der Waals surface area (Å²) in [6, 6.07) is 5.15. The fourth-order valence-corrected chi connectivity index (χ4v) is 1.39. The van der Waals surface area contributed by atoms with Gasteiger partial charge in [0.15, 0.2) is 0 Å². The van der Waals surface area contributed by atoms with E-state index in [0.29, 0.717) is 22.5 Å². The molecule has 5 heteroatoms. The second-order valence-corrected chi connectivity index (χ2v) is 3.10. The fraction of sp³-hybridized carbons (Fsp3) is 0.200. The molecule has 15 heavy (non-hydrogen) atoms. The Balaban J connectivity index is 2.74. The third-order valence-corrected chi connectivity index (χ3v) is 2.15. The number of hydrogen-bond donors (Lipinski definition) is 2. The molecule has 3 N–H and O–H groups in total. The van der Waals surface area contributed by atoms with Gasteiger partial charge in [0.05, 0.1) is 24.6 Å². The SMILES string of the molecule is COc1ccc2nc(CN)[nH]c(=O)c2c1. The van der Waals surface area contributed by atoms with Crippen molar-refractivity contribution in [3.05, 3.63) is 34.4 Å².